The Bertz CT molecular complexity index is 525. The summed E-state index contributed by atoms with van der Waals surface area (Å²) < 4.78 is 24.8. The molecule has 1 aromatic rings. The van der Waals surface area contributed by atoms with Crippen molar-refractivity contribution >= 4 is 11.7 Å². The molecule has 0 fully saturated rings. The smallest absolute Gasteiger partial charge is 0.309 e. The fourth-order valence-corrected chi connectivity index (χ4v) is 1.23. The Labute approximate surface area is 91.8 Å². The Morgan fingerprint density at radius 3 is 2.59 bits per heavy atom. The highest BCUT2D eigenvalue weighted by Gasteiger charge is 2.26. The predicted octanol–water partition coefficient (Wildman–Crippen LogP) is 0.848. The molecule has 0 aliphatic carbocycles. The Hall–Kier alpha value is -2.32. The fourth-order valence-electron chi connectivity index (χ4n) is 1.23. The first-order chi connectivity index (χ1) is 7.82. The van der Waals surface area contributed by atoms with Crippen LogP contribution in [0.25, 0.3) is 0 Å². The minimum absolute atomic E-state index is 0.307. The minimum atomic E-state index is -3.31. The molecule has 0 saturated heterocycles. The average Bonchev–Trinajstić information content (AvgIpc) is 2.14. The van der Waals surface area contributed by atoms with E-state index in [9.17, 15) is 28.5 Å². The maximum Gasteiger partial charge on any atom is 0.309 e. The standard InChI is InChI=1S/C8H6F2N2O5/c9-7(10)6-4(12(16)17)1-3(2-5(13)14)11-8(6)15/h1,7H,2H2,(H,11,15)(H,13,14). The van der Waals surface area contributed by atoms with Gasteiger partial charge in [0.1, 0.15) is 0 Å². The molecule has 1 heterocycles. The first kappa shape index (κ1) is 12.7. The quantitative estimate of drug-likeness (QED) is 0.605. The Balaban J connectivity index is 3.41. The Morgan fingerprint density at radius 2 is 2.18 bits per heavy atom. The summed E-state index contributed by atoms with van der Waals surface area (Å²) in [7, 11) is 0. The SMILES string of the molecule is O=C(O)Cc1cc([N+](=O)[O-])c(C(F)F)c(=O)[nH]1. The highest BCUT2D eigenvalue weighted by Crippen LogP contribution is 2.25. The van der Waals surface area contributed by atoms with Crippen LogP contribution in [0.15, 0.2) is 10.9 Å². The number of hydrogen-bond donors (Lipinski definition) is 2. The summed E-state index contributed by atoms with van der Waals surface area (Å²) >= 11 is 0. The van der Waals surface area contributed by atoms with E-state index in [1.54, 1.807) is 0 Å². The number of carboxylic acids is 1. The van der Waals surface area contributed by atoms with Crippen LogP contribution in [0.2, 0.25) is 0 Å². The number of alkyl halides is 2. The third-order valence-electron chi connectivity index (χ3n) is 1.86. The fraction of sp³-hybridized carbons (Fsp3) is 0.250. The van der Waals surface area contributed by atoms with Gasteiger partial charge >= 0.3 is 5.97 Å². The monoisotopic (exact) mass is 248 g/mol. The zero-order valence-corrected chi connectivity index (χ0v) is 8.15. The van der Waals surface area contributed by atoms with Crippen molar-refractivity contribution in [2.75, 3.05) is 0 Å². The molecule has 0 atom stereocenters. The normalized spacial score (nSPS) is 10.5. The van der Waals surface area contributed by atoms with Gasteiger partial charge in [0.05, 0.1) is 11.3 Å². The van der Waals surface area contributed by atoms with Gasteiger partial charge in [-0.1, -0.05) is 0 Å². The van der Waals surface area contributed by atoms with Gasteiger partial charge in [0, 0.05) is 11.8 Å². The molecule has 9 heteroatoms. The summed E-state index contributed by atoms with van der Waals surface area (Å²) in [6.45, 7) is 0. The molecule has 1 rings (SSSR count). The molecule has 0 aromatic carbocycles. The number of aliphatic carboxylic acids is 1. The molecular weight excluding hydrogens is 242 g/mol. The summed E-state index contributed by atoms with van der Waals surface area (Å²) in [5, 5.41) is 18.9. The van der Waals surface area contributed by atoms with E-state index < -0.39 is 40.5 Å². The lowest BCUT2D eigenvalue weighted by molar-refractivity contribution is -0.386. The first-order valence-electron chi connectivity index (χ1n) is 4.23. The minimum Gasteiger partial charge on any atom is -0.481 e. The molecule has 17 heavy (non-hydrogen) atoms. The van der Waals surface area contributed by atoms with Crippen LogP contribution in [0, 0.1) is 10.1 Å². The maximum atomic E-state index is 12.4. The van der Waals surface area contributed by atoms with Crippen molar-refractivity contribution in [1.82, 2.24) is 4.98 Å². The number of hydrogen-bond acceptors (Lipinski definition) is 4. The van der Waals surface area contributed by atoms with Crippen LogP contribution in [0.4, 0.5) is 14.5 Å². The molecule has 0 radical (unpaired) electrons. The maximum absolute atomic E-state index is 12.4. The molecule has 0 amide bonds. The van der Waals surface area contributed by atoms with Crippen LogP contribution >= 0.6 is 0 Å². The second kappa shape index (κ2) is 4.68. The van der Waals surface area contributed by atoms with Gasteiger partial charge in [-0.2, -0.15) is 0 Å². The van der Waals surface area contributed by atoms with Gasteiger partial charge in [0.25, 0.3) is 17.7 Å². The van der Waals surface area contributed by atoms with Crippen molar-refractivity contribution in [3.05, 3.63) is 37.8 Å². The number of rotatable bonds is 4. The van der Waals surface area contributed by atoms with E-state index in [2.05, 4.69) is 0 Å². The lowest BCUT2D eigenvalue weighted by Gasteiger charge is -2.03. The molecule has 1 aromatic heterocycles. The summed E-state index contributed by atoms with van der Waals surface area (Å²) in [5.74, 6) is -1.35. The first-order valence-corrected chi connectivity index (χ1v) is 4.23. The van der Waals surface area contributed by atoms with Crippen LogP contribution in [0.1, 0.15) is 17.7 Å². The Morgan fingerprint density at radius 1 is 1.59 bits per heavy atom. The lowest BCUT2D eigenvalue weighted by atomic mass is 10.2. The molecular formula is C8H6F2N2O5. The molecule has 0 unspecified atom stereocenters. The molecule has 0 spiro atoms. The molecule has 0 aliphatic heterocycles. The number of aromatic nitrogens is 1. The molecule has 92 valence electrons. The number of carbonyl (C=O) groups is 1. The van der Waals surface area contributed by atoms with E-state index in [0.717, 1.165) is 0 Å². The Kier molecular flexibility index (Phi) is 3.51. The molecule has 7 nitrogen and oxygen atoms in total. The van der Waals surface area contributed by atoms with E-state index in [0.29, 0.717) is 6.07 Å². The van der Waals surface area contributed by atoms with E-state index in [1.807, 2.05) is 4.98 Å². The van der Waals surface area contributed by atoms with Gasteiger partial charge in [-0.3, -0.25) is 19.7 Å². The van der Waals surface area contributed by atoms with Gasteiger partial charge in [0.2, 0.25) is 0 Å². The predicted molar refractivity (Wildman–Crippen MR) is 50.0 cm³/mol. The molecule has 0 aliphatic rings. The van der Waals surface area contributed by atoms with E-state index in [4.69, 9.17) is 5.11 Å². The third kappa shape index (κ3) is 2.83. The van der Waals surface area contributed by atoms with Crippen molar-refractivity contribution < 1.29 is 23.6 Å². The van der Waals surface area contributed by atoms with Crippen molar-refractivity contribution in [3.63, 3.8) is 0 Å². The summed E-state index contributed by atoms with van der Waals surface area (Å²) in [5.41, 5.74) is -4.02. The van der Waals surface area contributed by atoms with Crippen molar-refractivity contribution in [1.29, 1.82) is 0 Å². The number of halogens is 2. The van der Waals surface area contributed by atoms with Crippen LogP contribution in [0.5, 0.6) is 0 Å². The van der Waals surface area contributed by atoms with E-state index >= 15 is 0 Å². The number of nitrogens with zero attached hydrogens (tertiary/aromatic N) is 1. The van der Waals surface area contributed by atoms with E-state index in [-0.39, 0.29) is 5.69 Å². The van der Waals surface area contributed by atoms with Crippen molar-refractivity contribution in [2.24, 2.45) is 0 Å². The van der Waals surface area contributed by atoms with Crippen LogP contribution in [0.3, 0.4) is 0 Å². The molecule has 2 N–H and O–H groups in total. The van der Waals surface area contributed by atoms with Gasteiger partial charge < -0.3 is 10.1 Å². The topological polar surface area (TPSA) is 113 Å². The van der Waals surface area contributed by atoms with Crippen LogP contribution in [-0.2, 0) is 11.2 Å². The van der Waals surface area contributed by atoms with Crippen molar-refractivity contribution in [2.45, 2.75) is 12.8 Å². The highest BCUT2D eigenvalue weighted by atomic mass is 19.3. The second-order valence-electron chi connectivity index (χ2n) is 3.05. The zero-order valence-electron chi connectivity index (χ0n) is 8.15. The van der Waals surface area contributed by atoms with Crippen molar-refractivity contribution in [3.8, 4) is 0 Å². The van der Waals surface area contributed by atoms with Crippen LogP contribution in [-0.4, -0.2) is 21.0 Å². The lowest BCUT2D eigenvalue weighted by Crippen LogP contribution is -2.19. The number of nitro groups is 1. The molecule has 0 bridgehead atoms. The van der Waals surface area contributed by atoms with E-state index in [1.165, 1.54) is 0 Å². The molecule has 0 saturated carbocycles. The second-order valence-corrected chi connectivity index (χ2v) is 3.05. The highest BCUT2D eigenvalue weighted by molar-refractivity contribution is 5.69. The average molecular weight is 248 g/mol. The summed E-state index contributed by atoms with van der Waals surface area (Å²) in [4.78, 5) is 32.7. The third-order valence-corrected chi connectivity index (χ3v) is 1.86. The van der Waals surface area contributed by atoms with Gasteiger partial charge in [-0.25, -0.2) is 8.78 Å². The largest absolute Gasteiger partial charge is 0.481 e. The summed E-state index contributed by atoms with van der Waals surface area (Å²) in [6.07, 6.45) is -4.00. The number of carboxylic acid groups (broad SMARTS) is 1. The number of H-pyrrole nitrogens is 1. The zero-order chi connectivity index (χ0) is 13.2. The summed E-state index contributed by atoms with van der Waals surface area (Å²) in [6, 6.07) is 0.622. The number of pyridine rings is 1. The van der Waals surface area contributed by atoms with Gasteiger partial charge in [0.15, 0.2) is 5.56 Å². The van der Waals surface area contributed by atoms with Gasteiger partial charge in [-0.05, 0) is 0 Å². The number of aromatic amines is 1. The number of nitrogens with one attached hydrogen (secondary N) is 1. The van der Waals surface area contributed by atoms with Crippen LogP contribution < -0.4 is 5.56 Å². The van der Waals surface area contributed by atoms with Gasteiger partial charge in [-0.15, -0.1) is 0 Å².